The fraction of sp³-hybridized carbons (Fsp3) is 0.481. The van der Waals surface area contributed by atoms with Gasteiger partial charge in [0, 0.05) is 23.9 Å². The Labute approximate surface area is 194 Å². The number of anilines is 1. The predicted octanol–water partition coefficient (Wildman–Crippen LogP) is 5.47. The number of nitrogens with one attached hydrogen (secondary N) is 1. The average Bonchev–Trinajstić information content (AvgIpc) is 3.38. The van der Waals surface area contributed by atoms with Gasteiger partial charge in [-0.25, -0.2) is 0 Å². The lowest BCUT2D eigenvalue weighted by molar-refractivity contribution is -0.127. The van der Waals surface area contributed by atoms with Crippen molar-refractivity contribution in [2.24, 2.45) is 5.92 Å². The predicted molar refractivity (Wildman–Crippen MR) is 130 cm³/mol. The van der Waals surface area contributed by atoms with Crippen LogP contribution in [0.3, 0.4) is 0 Å². The molecule has 5 rings (SSSR count). The quantitative estimate of drug-likeness (QED) is 0.576. The van der Waals surface area contributed by atoms with Gasteiger partial charge in [-0.2, -0.15) is 0 Å². The second-order valence-corrected chi connectivity index (χ2v) is 10.4. The summed E-state index contributed by atoms with van der Waals surface area (Å²) in [5, 5.41) is 3.29. The van der Waals surface area contributed by atoms with E-state index >= 15 is 0 Å². The molecule has 0 radical (unpaired) electrons. The van der Waals surface area contributed by atoms with Gasteiger partial charge in [0.05, 0.1) is 18.3 Å². The molecule has 33 heavy (non-hydrogen) atoms. The maximum atomic E-state index is 13.8. The summed E-state index contributed by atoms with van der Waals surface area (Å²) in [5.41, 5.74) is 2.94. The van der Waals surface area contributed by atoms with Crippen LogP contribution < -0.4 is 10.2 Å². The van der Waals surface area contributed by atoms with Crippen LogP contribution >= 0.6 is 0 Å². The number of carbonyl (C=O) groups is 2. The molecule has 174 valence electrons. The highest BCUT2D eigenvalue weighted by Gasteiger charge is 2.49. The number of furan rings is 1. The van der Waals surface area contributed by atoms with Crippen LogP contribution in [0.2, 0.25) is 0 Å². The monoisotopic (exact) mass is 447 g/mol. The molecule has 2 aromatic heterocycles. The van der Waals surface area contributed by atoms with Crippen LogP contribution in [0.4, 0.5) is 5.69 Å². The number of aromatic nitrogens is 1. The number of amides is 2. The summed E-state index contributed by atoms with van der Waals surface area (Å²) in [4.78, 5) is 29.4. The molecule has 2 amide bonds. The van der Waals surface area contributed by atoms with Crippen LogP contribution in [0, 0.1) is 5.92 Å². The van der Waals surface area contributed by atoms with E-state index in [2.05, 4.69) is 26.1 Å². The van der Waals surface area contributed by atoms with E-state index in [1.54, 1.807) is 17.2 Å². The zero-order valence-electron chi connectivity index (χ0n) is 19.9. The van der Waals surface area contributed by atoms with Crippen molar-refractivity contribution in [1.29, 1.82) is 0 Å². The van der Waals surface area contributed by atoms with Crippen molar-refractivity contribution < 1.29 is 14.0 Å². The van der Waals surface area contributed by atoms with E-state index in [0.29, 0.717) is 29.7 Å². The maximum Gasteiger partial charge on any atom is 0.276 e. The summed E-state index contributed by atoms with van der Waals surface area (Å²) in [6, 6.07) is 11.8. The van der Waals surface area contributed by atoms with Crippen molar-refractivity contribution in [3.8, 4) is 0 Å². The van der Waals surface area contributed by atoms with E-state index in [1.807, 2.05) is 41.8 Å². The van der Waals surface area contributed by atoms with Crippen molar-refractivity contribution in [3.05, 3.63) is 53.9 Å². The van der Waals surface area contributed by atoms with Crippen molar-refractivity contribution in [1.82, 2.24) is 9.88 Å². The minimum absolute atomic E-state index is 0.0978. The molecule has 1 N–H and O–H groups in total. The fourth-order valence-corrected chi connectivity index (χ4v) is 5.37. The van der Waals surface area contributed by atoms with Gasteiger partial charge < -0.3 is 14.3 Å². The lowest BCUT2D eigenvalue weighted by Crippen LogP contribution is -2.65. The molecule has 0 bridgehead atoms. The fourth-order valence-electron chi connectivity index (χ4n) is 5.37. The van der Waals surface area contributed by atoms with Crippen LogP contribution in [0.25, 0.3) is 11.1 Å². The number of hydrogen-bond acceptors (Lipinski definition) is 3. The first kappa shape index (κ1) is 21.8. The Morgan fingerprint density at radius 1 is 1.12 bits per heavy atom. The maximum absolute atomic E-state index is 13.8. The Morgan fingerprint density at radius 3 is 2.48 bits per heavy atom. The van der Waals surface area contributed by atoms with Gasteiger partial charge in [0.1, 0.15) is 11.2 Å². The Morgan fingerprint density at radius 2 is 1.82 bits per heavy atom. The highest BCUT2D eigenvalue weighted by atomic mass is 16.3. The van der Waals surface area contributed by atoms with E-state index in [0.717, 1.165) is 36.9 Å². The molecule has 1 saturated carbocycles. The van der Waals surface area contributed by atoms with Gasteiger partial charge in [-0.15, -0.1) is 0 Å². The number of carbonyl (C=O) groups excluding carboxylic acids is 2. The van der Waals surface area contributed by atoms with Crippen molar-refractivity contribution in [2.75, 3.05) is 4.90 Å². The molecule has 2 aliphatic rings. The molecule has 1 fully saturated rings. The van der Waals surface area contributed by atoms with Crippen LogP contribution in [0.1, 0.15) is 75.3 Å². The lowest BCUT2D eigenvalue weighted by atomic mass is 9.86. The Kier molecular flexibility index (Phi) is 5.34. The first-order chi connectivity index (χ1) is 15.8. The number of rotatable bonds is 4. The topological polar surface area (TPSA) is 67.5 Å². The van der Waals surface area contributed by atoms with E-state index in [-0.39, 0.29) is 17.9 Å². The van der Waals surface area contributed by atoms with Gasteiger partial charge in [0.2, 0.25) is 5.91 Å². The molecule has 3 aromatic rings. The van der Waals surface area contributed by atoms with Gasteiger partial charge in [-0.1, -0.05) is 32.9 Å². The molecule has 6 nitrogen and oxygen atoms in total. The highest BCUT2D eigenvalue weighted by molar-refractivity contribution is 6.13. The SMILES string of the molecule is CC1CCC(NC(=O)[C@]2(C)Cn3c(cc4occc43)C(=O)N2c2ccc(C(C)C)cc2)CC1. The molecule has 0 saturated heterocycles. The van der Waals surface area contributed by atoms with Crippen molar-refractivity contribution >= 4 is 28.6 Å². The third kappa shape index (κ3) is 3.65. The van der Waals surface area contributed by atoms with Gasteiger partial charge in [0.25, 0.3) is 5.91 Å². The Balaban J connectivity index is 1.55. The smallest absolute Gasteiger partial charge is 0.276 e. The van der Waals surface area contributed by atoms with Gasteiger partial charge >= 0.3 is 0 Å². The molecule has 1 atom stereocenters. The lowest BCUT2D eigenvalue weighted by Gasteiger charge is -2.44. The largest absolute Gasteiger partial charge is 0.463 e. The first-order valence-corrected chi connectivity index (χ1v) is 12.1. The normalized spacial score (nSPS) is 25.5. The van der Waals surface area contributed by atoms with Gasteiger partial charge in [-0.05, 0) is 62.1 Å². The number of nitrogens with zero attached hydrogens (tertiary/aromatic N) is 2. The molecular formula is C27H33N3O3. The Bertz CT molecular complexity index is 1180. The van der Waals surface area contributed by atoms with Crippen LogP contribution in [-0.4, -0.2) is 28.0 Å². The molecule has 1 aromatic carbocycles. The zero-order chi connectivity index (χ0) is 23.3. The molecule has 0 spiro atoms. The van der Waals surface area contributed by atoms with Gasteiger partial charge in [0.15, 0.2) is 5.58 Å². The van der Waals surface area contributed by atoms with Gasteiger partial charge in [-0.3, -0.25) is 14.5 Å². The highest BCUT2D eigenvalue weighted by Crippen LogP contribution is 2.37. The number of benzene rings is 1. The Hall–Kier alpha value is -3.02. The van der Waals surface area contributed by atoms with Crippen molar-refractivity contribution in [3.63, 3.8) is 0 Å². The summed E-state index contributed by atoms with van der Waals surface area (Å²) in [6.45, 7) is 8.82. The van der Waals surface area contributed by atoms with E-state index in [1.165, 1.54) is 5.56 Å². The first-order valence-electron chi connectivity index (χ1n) is 12.1. The van der Waals surface area contributed by atoms with E-state index < -0.39 is 5.54 Å². The van der Waals surface area contributed by atoms with Crippen molar-refractivity contribution in [2.45, 2.75) is 77.4 Å². The molecule has 1 aliphatic carbocycles. The van der Waals surface area contributed by atoms with Crippen LogP contribution in [-0.2, 0) is 11.3 Å². The van der Waals surface area contributed by atoms with Crippen LogP contribution in [0.15, 0.2) is 47.1 Å². The molecule has 0 unspecified atom stereocenters. The second kappa shape index (κ2) is 8.08. The molecule has 6 heteroatoms. The summed E-state index contributed by atoms with van der Waals surface area (Å²) in [6.07, 6.45) is 5.85. The van der Waals surface area contributed by atoms with E-state index in [4.69, 9.17) is 4.42 Å². The molecular weight excluding hydrogens is 414 g/mol. The standard InChI is InChI=1S/C27H33N3O3/c1-17(2)19-7-11-21(12-8-19)30-25(31)23-15-24-22(13-14-33-24)29(23)16-27(30,4)26(32)28-20-9-5-18(3)6-10-20/h7-8,11-15,17-18,20H,5-6,9-10,16H2,1-4H3,(H,28,32)/t18?,20?,27-/m0/s1. The van der Waals surface area contributed by atoms with E-state index in [9.17, 15) is 9.59 Å². The summed E-state index contributed by atoms with van der Waals surface area (Å²) >= 11 is 0. The number of fused-ring (bicyclic) bond motifs is 3. The van der Waals surface area contributed by atoms with Crippen LogP contribution in [0.5, 0.6) is 0 Å². The minimum atomic E-state index is -1.06. The summed E-state index contributed by atoms with van der Waals surface area (Å²) in [5.74, 6) is 0.820. The summed E-state index contributed by atoms with van der Waals surface area (Å²) in [7, 11) is 0. The molecule has 1 aliphatic heterocycles. The number of hydrogen-bond donors (Lipinski definition) is 1. The minimum Gasteiger partial charge on any atom is -0.463 e. The summed E-state index contributed by atoms with van der Waals surface area (Å²) < 4.78 is 7.50. The zero-order valence-corrected chi connectivity index (χ0v) is 19.9. The second-order valence-electron chi connectivity index (χ2n) is 10.4. The average molecular weight is 448 g/mol. The third-order valence-corrected chi connectivity index (χ3v) is 7.56. The molecule has 3 heterocycles. The third-order valence-electron chi connectivity index (χ3n) is 7.56.